The van der Waals surface area contributed by atoms with Gasteiger partial charge in [0.05, 0.1) is 30.8 Å². The standard InChI is InChI=1S/C27H30N2O6S/c1-18-8-13-25-23(16-18)29(36(31,32)22-11-9-21(33-4)10-12-22)17-26(35-25)27(30)28-14-15-34-24-7-5-6-19(2)20(24)3/h5-13,16,26H,14-15,17H2,1-4H3,(H,28,30). The molecule has 1 heterocycles. The number of methoxy groups -OCH3 is 1. The quantitative estimate of drug-likeness (QED) is 0.464. The lowest BCUT2D eigenvalue weighted by Gasteiger charge is -2.35. The summed E-state index contributed by atoms with van der Waals surface area (Å²) < 4.78 is 45.3. The second-order valence-corrected chi connectivity index (χ2v) is 10.5. The van der Waals surface area contributed by atoms with Crippen molar-refractivity contribution < 1.29 is 27.4 Å². The molecule has 0 spiro atoms. The molecule has 0 saturated carbocycles. The normalized spacial score (nSPS) is 15.0. The summed E-state index contributed by atoms with van der Waals surface area (Å²) >= 11 is 0. The van der Waals surface area contributed by atoms with E-state index >= 15 is 0 Å². The van der Waals surface area contributed by atoms with Crippen LogP contribution < -0.4 is 23.8 Å². The van der Waals surface area contributed by atoms with Crippen molar-refractivity contribution in [3.8, 4) is 17.2 Å². The molecule has 0 bridgehead atoms. The van der Waals surface area contributed by atoms with Gasteiger partial charge in [0.25, 0.3) is 15.9 Å². The lowest BCUT2D eigenvalue weighted by molar-refractivity contribution is -0.127. The fraction of sp³-hybridized carbons (Fsp3) is 0.296. The van der Waals surface area contributed by atoms with E-state index in [0.29, 0.717) is 17.2 Å². The average Bonchev–Trinajstić information content (AvgIpc) is 2.88. The fourth-order valence-corrected chi connectivity index (χ4v) is 5.40. The number of rotatable bonds is 8. The van der Waals surface area contributed by atoms with E-state index in [2.05, 4.69) is 5.32 Å². The summed E-state index contributed by atoms with van der Waals surface area (Å²) in [6, 6.07) is 17.2. The van der Waals surface area contributed by atoms with E-state index in [1.54, 1.807) is 24.3 Å². The monoisotopic (exact) mass is 510 g/mol. The van der Waals surface area contributed by atoms with Crippen molar-refractivity contribution in [2.75, 3.05) is 31.1 Å². The molecule has 9 heteroatoms. The second-order valence-electron chi connectivity index (χ2n) is 8.63. The number of ether oxygens (including phenoxy) is 3. The van der Waals surface area contributed by atoms with Gasteiger partial charge in [-0.05, 0) is 79.9 Å². The third-order valence-electron chi connectivity index (χ3n) is 6.14. The zero-order valence-corrected chi connectivity index (χ0v) is 21.6. The van der Waals surface area contributed by atoms with E-state index in [4.69, 9.17) is 14.2 Å². The Hall–Kier alpha value is -3.72. The van der Waals surface area contributed by atoms with Gasteiger partial charge >= 0.3 is 0 Å². The number of nitrogens with zero attached hydrogens (tertiary/aromatic N) is 1. The van der Waals surface area contributed by atoms with Crippen molar-refractivity contribution >= 4 is 21.6 Å². The van der Waals surface area contributed by atoms with Crippen LogP contribution in [0.2, 0.25) is 0 Å². The fourth-order valence-electron chi connectivity index (χ4n) is 3.93. The Bertz CT molecular complexity index is 1360. The molecule has 1 amide bonds. The van der Waals surface area contributed by atoms with Gasteiger partial charge in [0.2, 0.25) is 0 Å². The minimum Gasteiger partial charge on any atom is -0.497 e. The smallest absolute Gasteiger partial charge is 0.264 e. The largest absolute Gasteiger partial charge is 0.497 e. The second kappa shape index (κ2) is 10.5. The lowest BCUT2D eigenvalue weighted by Crippen LogP contribution is -2.51. The first-order valence-corrected chi connectivity index (χ1v) is 13.1. The molecule has 0 radical (unpaired) electrons. The van der Waals surface area contributed by atoms with Gasteiger partial charge in [-0.15, -0.1) is 0 Å². The molecular formula is C27H30N2O6S. The summed E-state index contributed by atoms with van der Waals surface area (Å²) in [4.78, 5) is 13.1. The molecule has 1 aliphatic rings. The Labute approximate surface area is 211 Å². The van der Waals surface area contributed by atoms with Crippen molar-refractivity contribution in [2.24, 2.45) is 0 Å². The first kappa shape index (κ1) is 25.4. The van der Waals surface area contributed by atoms with Crippen LogP contribution >= 0.6 is 0 Å². The number of fused-ring (bicyclic) bond motifs is 1. The molecule has 36 heavy (non-hydrogen) atoms. The highest BCUT2D eigenvalue weighted by atomic mass is 32.2. The zero-order chi connectivity index (χ0) is 25.9. The Kier molecular flexibility index (Phi) is 7.40. The predicted molar refractivity (Wildman–Crippen MR) is 138 cm³/mol. The lowest BCUT2D eigenvalue weighted by atomic mass is 10.1. The highest BCUT2D eigenvalue weighted by molar-refractivity contribution is 7.92. The van der Waals surface area contributed by atoms with E-state index in [1.165, 1.54) is 23.5 Å². The van der Waals surface area contributed by atoms with Gasteiger partial charge in [0.15, 0.2) is 6.10 Å². The van der Waals surface area contributed by atoms with Crippen LogP contribution in [0, 0.1) is 20.8 Å². The van der Waals surface area contributed by atoms with Gasteiger partial charge in [-0.25, -0.2) is 8.42 Å². The number of carbonyl (C=O) groups is 1. The van der Waals surface area contributed by atoms with Gasteiger partial charge in [-0.1, -0.05) is 18.2 Å². The zero-order valence-electron chi connectivity index (χ0n) is 20.8. The number of aryl methyl sites for hydroxylation is 2. The minimum atomic E-state index is -3.96. The Morgan fingerprint density at radius 3 is 2.56 bits per heavy atom. The number of hydrogen-bond donors (Lipinski definition) is 1. The molecule has 0 aliphatic carbocycles. The van der Waals surface area contributed by atoms with Crippen molar-refractivity contribution in [1.82, 2.24) is 5.32 Å². The van der Waals surface area contributed by atoms with Crippen LogP contribution in [0.4, 0.5) is 5.69 Å². The molecule has 4 rings (SSSR count). The Morgan fingerprint density at radius 1 is 1.08 bits per heavy atom. The van der Waals surface area contributed by atoms with Gasteiger partial charge in [0, 0.05) is 0 Å². The third kappa shape index (κ3) is 5.26. The number of sulfonamides is 1. The molecule has 3 aromatic carbocycles. The van der Waals surface area contributed by atoms with Gasteiger partial charge in [0.1, 0.15) is 23.9 Å². The Balaban J connectivity index is 1.49. The molecule has 0 saturated heterocycles. The number of benzene rings is 3. The maximum absolute atomic E-state index is 13.6. The van der Waals surface area contributed by atoms with Gasteiger partial charge in [-0.2, -0.15) is 0 Å². The van der Waals surface area contributed by atoms with Crippen molar-refractivity contribution in [1.29, 1.82) is 0 Å². The highest BCUT2D eigenvalue weighted by Crippen LogP contribution is 2.38. The molecular weight excluding hydrogens is 480 g/mol. The first-order valence-electron chi connectivity index (χ1n) is 11.6. The van der Waals surface area contributed by atoms with Crippen LogP contribution in [0.15, 0.2) is 65.6 Å². The number of amides is 1. The average molecular weight is 511 g/mol. The number of anilines is 1. The maximum Gasteiger partial charge on any atom is 0.264 e. The first-order chi connectivity index (χ1) is 17.2. The van der Waals surface area contributed by atoms with Crippen LogP contribution in [-0.2, 0) is 14.8 Å². The van der Waals surface area contributed by atoms with Crippen LogP contribution in [0.3, 0.4) is 0 Å². The van der Waals surface area contributed by atoms with E-state index < -0.39 is 22.0 Å². The van der Waals surface area contributed by atoms with Crippen LogP contribution in [0.1, 0.15) is 16.7 Å². The molecule has 3 aromatic rings. The Morgan fingerprint density at radius 2 is 1.83 bits per heavy atom. The molecule has 1 unspecified atom stereocenters. The molecule has 8 nitrogen and oxygen atoms in total. The number of carbonyl (C=O) groups excluding carboxylic acids is 1. The van der Waals surface area contributed by atoms with Crippen molar-refractivity contribution in [3.63, 3.8) is 0 Å². The topological polar surface area (TPSA) is 94.2 Å². The maximum atomic E-state index is 13.6. The summed E-state index contributed by atoms with van der Waals surface area (Å²) in [5, 5.41) is 2.80. The molecule has 190 valence electrons. The van der Waals surface area contributed by atoms with Crippen molar-refractivity contribution in [2.45, 2.75) is 31.8 Å². The highest BCUT2D eigenvalue weighted by Gasteiger charge is 2.37. The SMILES string of the molecule is COc1ccc(S(=O)(=O)N2CC(C(=O)NCCOc3cccc(C)c3C)Oc3ccc(C)cc32)cc1. The van der Waals surface area contributed by atoms with Crippen LogP contribution in [0.5, 0.6) is 17.2 Å². The predicted octanol–water partition coefficient (Wildman–Crippen LogP) is 3.77. The summed E-state index contributed by atoms with van der Waals surface area (Å²) in [6.07, 6.45) is -1.02. The van der Waals surface area contributed by atoms with Crippen molar-refractivity contribution in [3.05, 3.63) is 77.4 Å². The van der Waals surface area contributed by atoms with E-state index in [0.717, 1.165) is 22.4 Å². The molecule has 1 atom stereocenters. The van der Waals surface area contributed by atoms with E-state index in [1.807, 2.05) is 45.0 Å². The van der Waals surface area contributed by atoms with E-state index in [9.17, 15) is 13.2 Å². The van der Waals surface area contributed by atoms with Crippen LogP contribution in [-0.4, -0.2) is 47.2 Å². The van der Waals surface area contributed by atoms with Gasteiger partial charge in [-0.3, -0.25) is 9.10 Å². The number of hydrogen-bond acceptors (Lipinski definition) is 6. The summed E-state index contributed by atoms with van der Waals surface area (Å²) in [5.74, 6) is 1.23. The third-order valence-corrected chi connectivity index (χ3v) is 7.93. The minimum absolute atomic E-state index is 0.0961. The molecule has 0 aromatic heterocycles. The molecule has 0 fully saturated rings. The van der Waals surface area contributed by atoms with Gasteiger partial charge < -0.3 is 19.5 Å². The summed E-state index contributed by atoms with van der Waals surface area (Å²) in [6.45, 7) is 6.22. The summed E-state index contributed by atoms with van der Waals surface area (Å²) in [7, 11) is -2.45. The molecule has 1 N–H and O–H groups in total. The van der Waals surface area contributed by atoms with E-state index in [-0.39, 0.29) is 24.6 Å². The van der Waals surface area contributed by atoms with Crippen LogP contribution in [0.25, 0.3) is 0 Å². The number of nitrogens with one attached hydrogen (secondary N) is 1. The summed E-state index contributed by atoms with van der Waals surface area (Å²) in [5.41, 5.74) is 3.44. The molecule has 1 aliphatic heterocycles.